The van der Waals surface area contributed by atoms with Crippen molar-refractivity contribution in [3.63, 3.8) is 0 Å². The fraction of sp³-hybridized carbons (Fsp3) is 0.419. The molecule has 0 spiro atoms. The highest BCUT2D eigenvalue weighted by Gasteiger charge is 2.24. The van der Waals surface area contributed by atoms with E-state index < -0.39 is 0 Å². The normalized spacial score (nSPS) is 17.6. The maximum atomic E-state index is 9.86. The Morgan fingerprint density at radius 3 is 2.50 bits per heavy atom. The first-order valence-corrected chi connectivity index (χ1v) is 13.2. The number of phenolic OH excluding ortho intramolecular Hbond substituents is 1. The summed E-state index contributed by atoms with van der Waals surface area (Å²) in [6.45, 7) is 4.98. The summed E-state index contributed by atoms with van der Waals surface area (Å²) in [5.41, 5.74) is 6.44. The maximum Gasteiger partial charge on any atom is 0.120 e. The molecule has 5 nitrogen and oxygen atoms in total. The van der Waals surface area contributed by atoms with Gasteiger partial charge in [-0.2, -0.15) is 0 Å². The molecule has 5 heteroatoms. The van der Waals surface area contributed by atoms with E-state index in [2.05, 4.69) is 65.4 Å². The third-order valence-corrected chi connectivity index (χ3v) is 7.73. The van der Waals surface area contributed by atoms with Crippen molar-refractivity contribution in [2.75, 3.05) is 45.3 Å². The van der Waals surface area contributed by atoms with E-state index >= 15 is 0 Å². The molecular weight excluding hydrogens is 448 g/mol. The van der Waals surface area contributed by atoms with Crippen LogP contribution >= 0.6 is 0 Å². The van der Waals surface area contributed by atoms with Crippen LogP contribution in [-0.2, 0) is 19.4 Å². The number of ether oxygens (including phenoxy) is 2. The number of phenols is 1. The van der Waals surface area contributed by atoms with Gasteiger partial charge in [-0.15, -0.1) is 0 Å². The van der Waals surface area contributed by atoms with Crippen LogP contribution in [0.5, 0.6) is 17.2 Å². The van der Waals surface area contributed by atoms with Crippen LogP contribution in [0, 0.1) is 0 Å². The third kappa shape index (κ3) is 5.79. The lowest BCUT2D eigenvalue weighted by Crippen LogP contribution is -2.25. The molecule has 0 amide bonds. The van der Waals surface area contributed by atoms with Gasteiger partial charge in [-0.25, -0.2) is 0 Å². The number of aromatic hydroxyl groups is 1. The molecular formula is C31H38N2O3. The topological polar surface area (TPSA) is 45.2 Å². The number of benzene rings is 3. The summed E-state index contributed by atoms with van der Waals surface area (Å²) in [5.74, 6) is 2.62. The fourth-order valence-electron chi connectivity index (χ4n) is 5.68. The molecule has 1 fully saturated rings. The summed E-state index contributed by atoms with van der Waals surface area (Å²) in [6.07, 6.45) is 5.69. The standard InChI is InChI=1S/C31H38N2O3/c1-32(22-23-5-11-28(12-6-23)36-18-17-33-15-3-4-16-33)31-21-29(35-2)13-14-30(31)26-8-7-25-20-27(34)10-9-24(25)19-26/h5-6,9-14,20-21,26,34H,3-4,7-8,15-19,22H2,1-2H3. The maximum absolute atomic E-state index is 9.86. The van der Waals surface area contributed by atoms with Crippen molar-refractivity contribution in [2.45, 2.75) is 44.6 Å². The largest absolute Gasteiger partial charge is 0.508 e. The Kier molecular flexibility index (Phi) is 7.66. The molecule has 36 heavy (non-hydrogen) atoms. The quantitative estimate of drug-likeness (QED) is 0.415. The van der Waals surface area contributed by atoms with Crippen LogP contribution in [0.25, 0.3) is 0 Å². The number of aryl methyl sites for hydroxylation is 1. The summed E-state index contributed by atoms with van der Waals surface area (Å²) in [5, 5.41) is 9.86. The van der Waals surface area contributed by atoms with Gasteiger partial charge in [-0.05, 0) is 104 Å². The number of anilines is 1. The van der Waals surface area contributed by atoms with Gasteiger partial charge in [0.1, 0.15) is 23.9 Å². The molecule has 190 valence electrons. The minimum atomic E-state index is 0.361. The van der Waals surface area contributed by atoms with Gasteiger partial charge in [0.15, 0.2) is 0 Å². The van der Waals surface area contributed by atoms with Crippen molar-refractivity contribution in [1.29, 1.82) is 0 Å². The Bertz CT molecular complexity index is 1150. The average molecular weight is 487 g/mol. The van der Waals surface area contributed by atoms with Crippen molar-refractivity contribution in [2.24, 2.45) is 0 Å². The molecule has 1 unspecified atom stereocenters. The number of hydrogen-bond acceptors (Lipinski definition) is 5. The fourth-order valence-corrected chi connectivity index (χ4v) is 5.68. The van der Waals surface area contributed by atoms with E-state index in [0.717, 1.165) is 50.5 Å². The zero-order chi connectivity index (χ0) is 24.9. The van der Waals surface area contributed by atoms with Crippen molar-refractivity contribution in [3.8, 4) is 17.2 Å². The van der Waals surface area contributed by atoms with Gasteiger partial charge in [-0.3, -0.25) is 4.90 Å². The molecule has 1 saturated heterocycles. The Hall–Kier alpha value is -3.18. The molecule has 1 aliphatic heterocycles. The summed E-state index contributed by atoms with van der Waals surface area (Å²) >= 11 is 0. The lowest BCUT2D eigenvalue weighted by atomic mass is 9.79. The number of nitrogens with zero attached hydrogens (tertiary/aromatic N) is 2. The minimum absolute atomic E-state index is 0.361. The first-order valence-electron chi connectivity index (χ1n) is 13.2. The van der Waals surface area contributed by atoms with Crippen LogP contribution in [0.2, 0.25) is 0 Å². The highest BCUT2D eigenvalue weighted by molar-refractivity contribution is 5.59. The highest BCUT2D eigenvalue weighted by Crippen LogP contribution is 2.39. The first kappa shape index (κ1) is 24.5. The molecule has 0 radical (unpaired) electrons. The SMILES string of the molecule is COc1ccc(C2CCc3cc(O)ccc3C2)c(N(C)Cc2ccc(OCCN3CCCC3)cc2)c1. The number of likely N-dealkylation sites (tertiary alicyclic amines) is 1. The molecule has 1 atom stereocenters. The van der Waals surface area contributed by atoms with Gasteiger partial charge >= 0.3 is 0 Å². The molecule has 0 saturated carbocycles. The lowest BCUT2D eigenvalue weighted by molar-refractivity contribution is 0.238. The van der Waals surface area contributed by atoms with Crippen molar-refractivity contribution >= 4 is 5.69 Å². The Labute approximate surface area is 215 Å². The van der Waals surface area contributed by atoms with Crippen LogP contribution in [-0.4, -0.2) is 50.4 Å². The van der Waals surface area contributed by atoms with Gasteiger partial charge in [0, 0.05) is 31.9 Å². The molecule has 3 aromatic rings. The van der Waals surface area contributed by atoms with E-state index in [1.807, 2.05) is 12.1 Å². The zero-order valence-electron chi connectivity index (χ0n) is 21.6. The van der Waals surface area contributed by atoms with E-state index in [1.54, 1.807) is 7.11 Å². The number of hydrogen-bond donors (Lipinski definition) is 1. The molecule has 5 rings (SSSR count). The highest BCUT2D eigenvalue weighted by atomic mass is 16.5. The zero-order valence-corrected chi connectivity index (χ0v) is 21.6. The van der Waals surface area contributed by atoms with Crippen LogP contribution in [0.4, 0.5) is 5.69 Å². The summed E-state index contributed by atoms with van der Waals surface area (Å²) in [4.78, 5) is 4.80. The van der Waals surface area contributed by atoms with Gasteiger partial charge in [0.2, 0.25) is 0 Å². The van der Waals surface area contributed by atoms with Crippen LogP contribution in [0.1, 0.15) is 47.4 Å². The van der Waals surface area contributed by atoms with Gasteiger partial charge < -0.3 is 19.5 Å². The summed E-state index contributed by atoms with van der Waals surface area (Å²) < 4.78 is 11.6. The molecule has 1 heterocycles. The van der Waals surface area contributed by atoms with Crippen LogP contribution in [0.3, 0.4) is 0 Å². The van der Waals surface area contributed by atoms with Crippen LogP contribution < -0.4 is 14.4 Å². The second-order valence-electron chi connectivity index (χ2n) is 10.2. The molecule has 0 aromatic heterocycles. The van der Waals surface area contributed by atoms with E-state index in [9.17, 15) is 5.11 Å². The first-order chi connectivity index (χ1) is 17.6. The number of fused-ring (bicyclic) bond motifs is 1. The molecule has 2 aliphatic rings. The predicted octanol–water partition coefficient (Wildman–Crippen LogP) is 5.78. The molecule has 1 N–H and O–H groups in total. The number of rotatable bonds is 9. The monoisotopic (exact) mass is 486 g/mol. The third-order valence-electron chi connectivity index (χ3n) is 7.73. The lowest BCUT2D eigenvalue weighted by Gasteiger charge is -2.30. The number of methoxy groups -OCH3 is 1. The van der Waals surface area contributed by atoms with Gasteiger partial charge in [-0.1, -0.05) is 24.3 Å². The van der Waals surface area contributed by atoms with Crippen molar-refractivity contribution in [1.82, 2.24) is 4.90 Å². The Balaban J connectivity index is 1.26. The van der Waals surface area contributed by atoms with E-state index in [1.165, 1.54) is 53.9 Å². The van der Waals surface area contributed by atoms with Crippen molar-refractivity contribution in [3.05, 3.63) is 82.9 Å². The van der Waals surface area contributed by atoms with E-state index in [-0.39, 0.29) is 0 Å². The average Bonchev–Trinajstić information content (AvgIpc) is 3.42. The van der Waals surface area contributed by atoms with E-state index in [4.69, 9.17) is 9.47 Å². The Morgan fingerprint density at radius 2 is 1.72 bits per heavy atom. The Morgan fingerprint density at radius 1 is 0.944 bits per heavy atom. The smallest absolute Gasteiger partial charge is 0.120 e. The molecule has 1 aliphatic carbocycles. The van der Waals surface area contributed by atoms with Gasteiger partial charge in [0.25, 0.3) is 0 Å². The van der Waals surface area contributed by atoms with Gasteiger partial charge in [0.05, 0.1) is 7.11 Å². The second kappa shape index (κ2) is 11.3. The molecule has 0 bridgehead atoms. The summed E-state index contributed by atoms with van der Waals surface area (Å²) in [7, 11) is 3.89. The summed E-state index contributed by atoms with van der Waals surface area (Å²) in [6, 6.07) is 20.8. The van der Waals surface area contributed by atoms with Crippen LogP contribution in [0.15, 0.2) is 60.7 Å². The van der Waals surface area contributed by atoms with E-state index in [0.29, 0.717) is 11.7 Å². The predicted molar refractivity (Wildman–Crippen MR) is 146 cm³/mol. The minimum Gasteiger partial charge on any atom is -0.508 e. The van der Waals surface area contributed by atoms with Crippen molar-refractivity contribution < 1.29 is 14.6 Å². The molecule has 3 aromatic carbocycles. The second-order valence-corrected chi connectivity index (χ2v) is 10.2.